The van der Waals surface area contributed by atoms with Gasteiger partial charge in [0.2, 0.25) is 5.95 Å². The maximum absolute atomic E-state index is 14.3. The highest BCUT2D eigenvalue weighted by atomic mass is 35.5. The number of primary amides is 1. The molecular weight excluding hydrogens is 869 g/mol. The standard InChI is InChI=1S/C37H57Cl2N23O2/c1-44-54-47-20-58-21-48-55-46-19-45-35-28(39)62(26(36(58)64)30(41)50-35)60-13-9-23(10-14-60)34-51-33(52-37(53-34)57-17-15-56(16-18-57)24-5-3-2-4-6-24)22-7-11-59(12-8-22)61-25(32(43)63)29(40)49-31(42)27(61)38/h2-6,22-23,27-28,44,46-48,54-55H,7-21,40-41H2,1H3,(H2,42,49)(H2,43,63)(H,45,50). The summed E-state index contributed by atoms with van der Waals surface area (Å²) in [6.45, 7) is 5.55. The number of aliphatic imine (C=N–C) groups is 2. The van der Waals surface area contributed by atoms with Gasteiger partial charge in [0, 0.05) is 69.9 Å². The summed E-state index contributed by atoms with van der Waals surface area (Å²) in [6, 6.07) is 10.4. The highest BCUT2D eigenvalue weighted by molar-refractivity contribution is 6.32. The van der Waals surface area contributed by atoms with E-state index in [-0.39, 0.29) is 66.6 Å². The number of nitrogens with two attached hydrogens (primary N) is 4. The molecule has 3 fully saturated rings. The van der Waals surface area contributed by atoms with E-state index >= 15 is 0 Å². The Hall–Kier alpha value is -5.35. The van der Waals surface area contributed by atoms with Gasteiger partial charge in [0.1, 0.15) is 35.8 Å². The number of hydrogen-bond acceptors (Lipinski definition) is 23. The summed E-state index contributed by atoms with van der Waals surface area (Å²) >= 11 is 13.8. The lowest BCUT2D eigenvalue weighted by Crippen LogP contribution is -2.63. The number of carbonyl (C=O) groups is 2. The van der Waals surface area contributed by atoms with Crippen molar-refractivity contribution in [3.05, 3.63) is 65.0 Å². The second kappa shape index (κ2) is 20.2. The zero-order valence-corrected chi connectivity index (χ0v) is 37.1. The van der Waals surface area contributed by atoms with Gasteiger partial charge in [0.15, 0.2) is 28.2 Å². The lowest BCUT2D eigenvalue weighted by atomic mass is 9.94. The predicted molar refractivity (Wildman–Crippen MR) is 241 cm³/mol. The van der Waals surface area contributed by atoms with Crippen LogP contribution in [0.15, 0.2) is 63.4 Å². The number of nitrogens with zero attached hydrogens (tertiary/aromatic N) is 12. The summed E-state index contributed by atoms with van der Waals surface area (Å²) in [5, 5.41) is 10.4. The Morgan fingerprint density at radius 3 is 2.08 bits per heavy atom. The summed E-state index contributed by atoms with van der Waals surface area (Å²) in [5.74, 6) is 1.46. The highest BCUT2D eigenvalue weighted by Gasteiger charge is 2.43. The van der Waals surface area contributed by atoms with E-state index in [0.29, 0.717) is 69.5 Å². The van der Waals surface area contributed by atoms with Crippen LogP contribution in [0.25, 0.3) is 0 Å². The summed E-state index contributed by atoms with van der Waals surface area (Å²) in [4.78, 5) is 57.1. The molecular formula is C37H57Cl2N23O2. The van der Waals surface area contributed by atoms with Crippen LogP contribution in [-0.4, -0.2) is 154 Å². The molecule has 2 bridgehead atoms. The molecule has 7 aliphatic heterocycles. The summed E-state index contributed by atoms with van der Waals surface area (Å²) < 4.78 is 0. The molecule has 8 heterocycles. The first-order valence-electron chi connectivity index (χ1n) is 21.3. The van der Waals surface area contributed by atoms with E-state index in [0.717, 1.165) is 32.0 Å². The van der Waals surface area contributed by atoms with E-state index in [1.54, 1.807) is 17.1 Å². The first kappa shape index (κ1) is 45.2. The molecule has 15 N–H and O–H groups in total. The van der Waals surface area contributed by atoms with Gasteiger partial charge in [-0.1, -0.05) is 41.4 Å². The smallest absolute Gasteiger partial charge is 0.277 e. The minimum absolute atomic E-state index is 0.00879. The van der Waals surface area contributed by atoms with E-state index in [9.17, 15) is 9.59 Å². The number of amides is 2. The second-order valence-corrected chi connectivity index (χ2v) is 16.7. The van der Waals surface area contributed by atoms with Crippen molar-refractivity contribution in [2.24, 2.45) is 32.9 Å². The average Bonchev–Trinajstić information content (AvgIpc) is 3.31. The fraction of sp³-hybridized carbons (Fsp3) is 0.541. The van der Waals surface area contributed by atoms with Gasteiger partial charge in [0.05, 0.1) is 13.3 Å². The van der Waals surface area contributed by atoms with Crippen LogP contribution in [0.4, 0.5) is 11.6 Å². The van der Waals surface area contributed by atoms with Crippen molar-refractivity contribution in [3.8, 4) is 0 Å². The lowest BCUT2D eigenvalue weighted by Gasteiger charge is -2.46. The molecule has 25 nitrogen and oxygen atoms in total. The van der Waals surface area contributed by atoms with Gasteiger partial charge in [-0.05, 0) is 44.9 Å². The molecule has 9 rings (SSSR count). The molecule has 2 amide bonds. The Morgan fingerprint density at radius 2 is 1.45 bits per heavy atom. The molecule has 2 atom stereocenters. The average molecular weight is 927 g/mol. The Bertz CT molecular complexity index is 2120. The van der Waals surface area contributed by atoms with Crippen LogP contribution >= 0.6 is 23.2 Å². The third-order valence-electron chi connectivity index (χ3n) is 12.0. The number of amidine groups is 2. The molecule has 7 aliphatic rings. The maximum atomic E-state index is 14.3. The van der Waals surface area contributed by atoms with Crippen molar-refractivity contribution < 1.29 is 9.59 Å². The molecule has 346 valence electrons. The van der Waals surface area contributed by atoms with Crippen LogP contribution in [0.2, 0.25) is 0 Å². The molecule has 2 unspecified atom stereocenters. The van der Waals surface area contributed by atoms with Crippen LogP contribution < -0.4 is 70.8 Å². The van der Waals surface area contributed by atoms with Gasteiger partial charge in [-0.25, -0.2) is 41.7 Å². The van der Waals surface area contributed by atoms with Crippen LogP contribution in [0.1, 0.15) is 49.2 Å². The normalized spacial score (nSPS) is 24.1. The predicted octanol–water partition coefficient (Wildman–Crippen LogP) is -3.22. The molecule has 3 saturated heterocycles. The van der Waals surface area contributed by atoms with Gasteiger partial charge in [-0.15, -0.1) is 0 Å². The monoisotopic (exact) mass is 925 g/mol. The van der Waals surface area contributed by atoms with Gasteiger partial charge >= 0.3 is 0 Å². The van der Waals surface area contributed by atoms with Gasteiger partial charge in [-0.2, -0.15) is 21.0 Å². The maximum Gasteiger partial charge on any atom is 0.277 e. The van der Waals surface area contributed by atoms with E-state index in [2.05, 4.69) is 87.1 Å². The Balaban J connectivity index is 1.03. The fourth-order valence-electron chi connectivity index (χ4n) is 8.67. The number of rotatable bonds is 11. The summed E-state index contributed by atoms with van der Waals surface area (Å²) in [5.41, 5.74) is 41.5. The highest BCUT2D eigenvalue weighted by Crippen LogP contribution is 2.35. The van der Waals surface area contributed by atoms with E-state index < -0.39 is 16.9 Å². The number of alkyl halides is 2. The molecule has 1 aromatic heterocycles. The quantitative estimate of drug-likeness (QED) is 0.0457. The van der Waals surface area contributed by atoms with Crippen LogP contribution in [0.3, 0.4) is 0 Å². The number of hydrogen-bond donors (Lipinski definition) is 11. The number of piperidine rings is 2. The third kappa shape index (κ3) is 9.68. The molecule has 1 aromatic carbocycles. The zero-order chi connectivity index (χ0) is 44.9. The lowest BCUT2D eigenvalue weighted by molar-refractivity contribution is -0.134. The SMILES string of the molecule is CNNNCN1CNNNCN=C2NC(N)=C(C1=O)N(N1CCC(c3nc(C4CCN(N5C(C(N)=O)=C(N)N=C(N)C5Cl)CC4)nc(N4CCN(c5ccccc5)CC4)n3)CC1)C2Cl. The first-order chi connectivity index (χ1) is 31.0. The molecule has 0 saturated carbocycles. The second-order valence-electron chi connectivity index (χ2n) is 15.9. The topological polar surface area (TPSA) is 309 Å². The van der Waals surface area contributed by atoms with Crippen molar-refractivity contribution in [1.82, 2.24) is 78.0 Å². The number of fused-ring (bicyclic) bond motifs is 9. The van der Waals surface area contributed by atoms with E-state index in [1.165, 1.54) is 10.6 Å². The minimum atomic E-state index is -0.925. The molecule has 64 heavy (non-hydrogen) atoms. The molecule has 27 heteroatoms. The molecule has 0 spiro atoms. The van der Waals surface area contributed by atoms with E-state index in [1.807, 2.05) is 11.1 Å². The van der Waals surface area contributed by atoms with Crippen LogP contribution in [-0.2, 0) is 9.59 Å². The fourth-order valence-corrected chi connectivity index (χ4v) is 9.28. The number of piperazine rings is 1. The summed E-state index contributed by atoms with van der Waals surface area (Å²) in [6.07, 6.45) is 2.63. The van der Waals surface area contributed by atoms with Crippen molar-refractivity contribution in [3.63, 3.8) is 0 Å². The Morgan fingerprint density at radius 1 is 0.828 bits per heavy atom. The number of para-hydroxylation sites is 1. The number of benzene rings is 1. The molecule has 0 radical (unpaired) electrons. The largest absolute Gasteiger partial charge is 0.384 e. The minimum Gasteiger partial charge on any atom is -0.384 e. The Labute approximate surface area is 380 Å². The van der Waals surface area contributed by atoms with Gasteiger partial charge in [-0.3, -0.25) is 24.6 Å². The first-order valence-corrected chi connectivity index (χ1v) is 22.2. The van der Waals surface area contributed by atoms with Gasteiger partial charge in [0.25, 0.3) is 11.8 Å². The zero-order valence-electron chi connectivity index (χ0n) is 35.6. The van der Waals surface area contributed by atoms with E-state index in [4.69, 9.17) is 61.1 Å². The number of aromatic nitrogens is 3. The summed E-state index contributed by atoms with van der Waals surface area (Å²) in [7, 11) is 1.71. The van der Waals surface area contributed by atoms with Crippen molar-refractivity contribution in [1.29, 1.82) is 0 Å². The number of carbonyl (C=O) groups excluding carboxylic acids is 2. The van der Waals surface area contributed by atoms with Crippen LogP contribution in [0.5, 0.6) is 0 Å². The third-order valence-corrected chi connectivity index (χ3v) is 12.8. The van der Waals surface area contributed by atoms with Crippen molar-refractivity contribution in [2.45, 2.75) is 48.5 Å². The van der Waals surface area contributed by atoms with Crippen molar-refractivity contribution >= 4 is 58.3 Å². The Kier molecular flexibility index (Phi) is 14.3. The molecule has 2 aromatic rings. The van der Waals surface area contributed by atoms with Crippen LogP contribution in [0, 0.1) is 0 Å². The van der Waals surface area contributed by atoms with Gasteiger partial charge < -0.3 is 43.0 Å². The van der Waals surface area contributed by atoms with Crippen molar-refractivity contribution in [2.75, 3.05) is 89.2 Å². The number of halogens is 2. The molecule has 0 aliphatic carbocycles. The number of hydrazine groups is 6. The number of anilines is 2. The number of nitrogens with one attached hydrogen (secondary N) is 7.